The van der Waals surface area contributed by atoms with Gasteiger partial charge >= 0.3 is 0 Å². The number of Topliss-reactive ketones (excluding diaryl/α,β-unsaturated/α-hetero) is 1. The number of phenols is 1. The number of rotatable bonds is 4. The number of fused-ring (bicyclic) bond motifs is 1. The quantitative estimate of drug-likeness (QED) is 0.719. The Bertz CT molecular complexity index is 838. The summed E-state index contributed by atoms with van der Waals surface area (Å²) in [5.74, 6) is 0.114. The van der Waals surface area contributed by atoms with E-state index in [-0.39, 0.29) is 23.4 Å². The Balaban J connectivity index is 2.03. The van der Waals surface area contributed by atoms with Crippen LogP contribution in [0.3, 0.4) is 0 Å². The van der Waals surface area contributed by atoms with E-state index in [1.54, 1.807) is 30.5 Å². The van der Waals surface area contributed by atoms with Crippen molar-refractivity contribution in [1.82, 2.24) is 4.98 Å². The van der Waals surface area contributed by atoms with E-state index in [9.17, 15) is 9.90 Å². The van der Waals surface area contributed by atoms with Crippen LogP contribution >= 0.6 is 0 Å². The van der Waals surface area contributed by atoms with Crippen LogP contribution in [0.25, 0.3) is 10.9 Å². The van der Waals surface area contributed by atoms with Gasteiger partial charge in [0.05, 0.1) is 11.4 Å². The van der Waals surface area contributed by atoms with Crippen molar-refractivity contribution in [1.29, 1.82) is 0 Å². The molecule has 0 saturated carbocycles. The molecule has 1 atom stereocenters. The lowest BCUT2D eigenvalue weighted by molar-refractivity contribution is 0.0938. The molecule has 116 valence electrons. The Morgan fingerprint density at radius 3 is 2.43 bits per heavy atom. The lowest BCUT2D eigenvalue weighted by Gasteiger charge is -2.20. The van der Waals surface area contributed by atoms with Gasteiger partial charge in [-0.2, -0.15) is 0 Å². The van der Waals surface area contributed by atoms with Gasteiger partial charge < -0.3 is 5.11 Å². The number of benzene rings is 2. The first-order valence-corrected chi connectivity index (χ1v) is 7.74. The van der Waals surface area contributed by atoms with Crippen LogP contribution < -0.4 is 0 Å². The minimum atomic E-state index is -0.253. The second-order valence-electron chi connectivity index (χ2n) is 6.09. The second kappa shape index (κ2) is 6.21. The van der Waals surface area contributed by atoms with Gasteiger partial charge in [-0.05, 0) is 47.9 Å². The molecule has 0 saturated heterocycles. The first-order valence-electron chi connectivity index (χ1n) is 7.74. The van der Waals surface area contributed by atoms with Crippen LogP contribution in [0.4, 0.5) is 0 Å². The number of phenolic OH excluding ortho intramolecular Hbond substituents is 1. The number of carbonyl (C=O) groups is 1. The molecule has 23 heavy (non-hydrogen) atoms. The first kappa shape index (κ1) is 15.2. The minimum absolute atomic E-state index is 0.0529. The molecule has 0 radical (unpaired) electrons. The second-order valence-corrected chi connectivity index (χ2v) is 6.09. The number of nitrogens with zero attached hydrogens (tertiary/aromatic N) is 1. The van der Waals surface area contributed by atoms with Crippen LogP contribution in [0.15, 0.2) is 60.8 Å². The van der Waals surface area contributed by atoms with Crippen LogP contribution in [0.1, 0.15) is 35.7 Å². The summed E-state index contributed by atoms with van der Waals surface area (Å²) in [6.07, 6.45) is 1.80. The lowest BCUT2D eigenvalue weighted by atomic mass is 9.82. The van der Waals surface area contributed by atoms with E-state index in [1.165, 1.54) is 0 Å². The molecule has 3 aromatic rings. The van der Waals surface area contributed by atoms with Gasteiger partial charge in [-0.15, -0.1) is 0 Å². The predicted octanol–water partition coefficient (Wildman–Crippen LogP) is 4.56. The van der Waals surface area contributed by atoms with Gasteiger partial charge in [0.15, 0.2) is 5.78 Å². The van der Waals surface area contributed by atoms with Crippen LogP contribution in [0.2, 0.25) is 0 Å². The molecule has 3 rings (SSSR count). The smallest absolute Gasteiger partial charge is 0.170 e. The monoisotopic (exact) mass is 305 g/mol. The van der Waals surface area contributed by atoms with Gasteiger partial charge in [0, 0.05) is 17.1 Å². The van der Waals surface area contributed by atoms with Gasteiger partial charge in [0.25, 0.3) is 0 Å². The molecular formula is C20H19NO2. The highest BCUT2D eigenvalue weighted by molar-refractivity contribution is 6.01. The molecule has 1 aromatic heterocycles. The number of aromatic nitrogens is 1. The summed E-state index contributed by atoms with van der Waals surface area (Å²) in [7, 11) is 0. The minimum Gasteiger partial charge on any atom is -0.508 e. The largest absolute Gasteiger partial charge is 0.508 e. The molecule has 0 amide bonds. The van der Waals surface area contributed by atoms with Crippen molar-refractivity contribution < 1.29 is 9.90 Å². The van der Waals surface area contributed by atoms with Crippen molar-refractivity contribution in [2.75, 3.05) is 0 Å². The molecule has 3 heteroatoms. The Kier molecular flexibility index (Phi) is 4.11. The fraction of sp³-hybridized carbons (Fsp3) is 0.200. The molecule has 3 nitrogen and oxygen atoms in total. The third kappa shape index (κ3) is 3.09. The SMILES string of the molecule is CC(C)C(C(=O)c1ccc(O)cc1)c1cnc2ccccc2c1. The molecule has 2 aromatic carbocycles. The van der Waals surface area contributed by atoms with Crippen molar-refractivity contribution in [3.63, 3.8) is 0 Å². The summed E-state index contributed by atoms with van der Waals surface area (Å²) in [5, 5.41) is 10.4. The molecule has 1 N–H and O–H groups in total. The fourth-order valence-electron chi connectivity index (χ4n) is 2.90. The fourth-order valence-corrected chi connectivity index (χ4v) is 2.90. The van der Waals surface area contributed by atoms with Crippen molar-refractivity contribution in [3.05, 3.63) is 71.9 Å². The Labute approximate surface area is 135 Å². The topological polar surface area (TPSA) is 50.2 Å². The highest BCUT2D eigenvalue weighted by Crippen LogP contribution is 2.30. The zero-order valence-electron chi connectivity index (χ0n) is 13.2. The molecule has 0 fully saturated rings. The summed E-state index contributed by atoms with van der Waals surface area (Å²) in [6.45, 7) is 4.08. The number of ketones is 1. The Morgan fingerprint density at radius 1 is 1.04 bits per heavy atom. The van der Waals surface area contributed by atoms with E-state index in [2.05, 4.69) is 4.98 Å². The molecule has 0 aliphatic carbocycles. The zero-order chi connectivity index (χ0) is 16.4. The summed E-state index contributed by atoms with van der Waals surface area (Å²) in [6, 6.07) is 16.4. The van der Waals surface area contributed by atoms with Gasteiger partial charge in [0.2, 0.25) is 0 Å². The molecule has 1 heterocycles. The van der Waals surface area contributed by atoms with Crippen molar-refractivity contribution in [2.45, 2.75) is 19.8 Å². The van der Waals surface area contributed by atoms with Gasteiger partial charge in [-0.1, -0.05) is 32.0 Å². The van der Waals surface area contributed by atoms with Crippen LogP contribution in [-0.4, -0.2) is 15.9 Å². The normalized spacial score (nSPS) is 12.5. The number of aromatic hydroxyl groups is 1. The van der Waals surface area contributed by atoms with Crippen molar-refractivity contribution >= 4 is 16.7 Å². The number of hydrogen-bond donors (Lipinski definition) is 1. The van der Waals surface area contributed by atoms with Crippen molar-refractivity contribution in [2.24, 2.45) is 5.92 Å². The molecule has 1 unspecified atom stereocenters. The molecular weight excluding hydrogens is 286 g/mol. The number of para-hydroxylation sites is 1. The van der Waals surface area contributed by atoms with E-state index in [4.69, 9.17) is 0 Å². The third-order valence-electron chi connectivity index (χ3n) is 4.07. The lowest BCUT2D eigenvalue weighted by Crippen LogP contribution is -2.18. The van der Waals surface area contributed by atoms with Crippen LogP contribution in [-0.2, 0) is 0 Å². The highest BCUT2D eigenvalue weighted by Gasteiger charge is 2.25. The first-order chi connectivity index (χ1) is 11.1. The molecule has 0 aliphatic rings. The van der Waals surface area contributed by atoms with Gasteiger partial charge in [0.1, 0.15) is 5.75 Å². The molecule has 0 aliphatic heterocycles. The van der Waals surface area contributed by atoms with Crippen LogP contribution in [0, 0.1) is 5.92 Å². The summed E-state index contributed by atoms with van der Waals surface area (Å²) in [5.41, 5.74) is 2.46. The van der Waals surface area contributed by atoms with E-state index >= 15 is 0 Å². The number of pyridine rings is 1. The van der Waals surface area contributed by atoms with E-state index < -0.39 is 0 Å². The van der Waals surface area contributed by atoms with Crippen LogP contribution in [0.5, 0.6) is 5.75 Å². The van der Waals surface area contributed by atoms with E-state index in [1.807, 2.05) is 44.2 Å². The maximum Gasteiger partial charge on any atom is 0.170 e. The summed E-state index contributed by atoms with van der Waals surface area (Å²) in [4.78, 5) is 17.4. The standard InChI is InChI=1S/C20H19NO2/c1-13(2)19(20(23)14-7-9-17(22)10-8-14)16-11-15-5-3-4-6-18(15)21-12-16/h3-13,19,22H,1-2H3. The van der Waals surface area contributed by atoms with Gasteiger partial charge in [-0.25, -0.2) is 0 Å². The molecule has 0 bridgehead atoms. The van der Waals surface area contributed by atoms with Gasteiger partial charge in [-0.3, -0.25) is 9.78 Å². The van der Waals surface area contributed by atoms with E-state index in [0.29, 0.717) is 5.56 Å². The average Bonchev–Trinajstić information content (AvgIpc) is 2.55. The molecule has 0 spiro atoms. The number of carbonyl (C=O) groups excluding carboxylic acids is 1. The summed E-state index contributed by atoms with van der Waals surface area (Å²) < 4.78 is 0. The Hall–Kier alpha value is -2.68. The highest BCUT2D eigenvalue weighted by atomic mass is 16.3. The average molecular weight is 305 g/mol. The third-order valence-corrected chi connectivity index (χ3v) is 4.07. The van der Waals surface area contributed by atoms with E-state index in [0.717, 1.165) is 16.5 Å². The predicted molar refractivity (Wildman–Crippen MR) is 91.8 cm³/mol. The number of hydrogen-bond acceptors (Lipinski definition) is 3. The maximum absolute atomic E-state index is 12.9. The Morgan fingerprint density at radius 2 is 1.74 bits per heavy atom. The summed E-state index contributed by atoms with van der Waals surface area (Å²) >= 11 is 0. The zero-order valence-corrected chi connectivity index (χ0v) is 13.2. The van der Waals surface area contributed by atoms with Crippen molar-refractivity contribution in [3.8, 4) is 5.75 Å². The maximum atomic E-state index is 12.9.